The van der Waals surface area contributed by atoms with Gasteiger partial charge in [-0.2, -0.15) is 0 Å². The van der Waals surface area contributed by atoms with E-state index in [0.29, 0.717) is 18.0 Å². The number of aliphatic carboxylic acids is 1. The van der Waals surface area contributed by atoms with Crippen molar-refractivity contribution in [2.45, 2.75) is 82.5 Å². The zero-order valence-corrected chi connectivity index (χ0v) is 12.8. The first-order chi connectivity index (χ1) is 9.50. The Hall–Kier alpha value is -0.610. The van der Waals surface area contributed by atoms with Crippen LogP contribution in [0.2, 0.25) is 0 Å². The van der Waals surface area contributed by atoms with Gasteiger partial charge in [0.05, 0.1) is 0 Å². The average molecular weight is 280 g/mol. The van der Waals surface area contributed by atoms with Crippen molar-refractivity contribution in [2.75, 3.05) is 6.54 Å². The molecule has 0 radical (unpaired) electrons. The predicted molar refractivity (Wildman–Crippen MR) is 78.7 cm³/mol. The summed E-state index contributed by atoms with van der Waals surface area (Å²) < 4.78 is 0. The van der Waals surface area contributed by atoms with E-state index in [1.807, 2.05) is 0 Å². The van der Waals surface area contributed by atoms with Crippen molar-refractivity contribution in [3.8, 4) is 0 Å². The standard InChI is InChI=1S/C16H28N2O2/c1-11(2)10-18(13-5-6-13)14-7-8-16(9-14,15(19)20)17-12-3-4-12/h11-14,17H,3-10H2,1-2H3,(H,19,20). The Bertz CT molecular complexity index is 377. The molecule has 0 aliphatic heterocycles. The number of rotatable bonds is 7. The molecule has 3 rings (SSSR count). The Morgan fingerprint density at radius 3 is 2.45 bits per heavy atom. The van der Waals surface area contributed by atoms with Crippen LogP contribution in [-0.2, 0) is 4.79 Å². The molecule has 0 amide bonds. The van der Waals surface area contributed by atoms with E-state index in [1.165, 1.54) is 12.8 Å². The highest BCUT2D eigenvalue weighted by Crippen LogP contribution is 2.40. The van der Waals surface area contributed by atoms with Gasteiger partial charge < -0.3 is 5.11 Å². The van der Waals surface area contributed by atoms with Crippen molar-refractivity contribution in [1.29, 1.82) is 0 Å². The van der Waals surface area contributed by atoms with E-state index in [2.05, 4.69) is 24.1 Å². The van der Waals surface area contributed by atoms with E-state index in [4.69, 9.17) is 0 Å². The maximum Gasteiger partial charge on any atom is 0.323 e. The number of nitrogens with one attached hydrogen (secondary N) is 1. The van der Waals surface area contributed by atoms with Crippen molar-refractivity contribution in [3.63, 3.8) is 0 Å². The van der Waals surface area contributed by atoms with Gasteiger partial charge in [-0.15, -0.1) is 0 Å². The second-order valence-corrected chi connectivity index (χ2v) is 7.52. The van der Waals surface area contributed by atoms with Crippen LogP contribution in [-0.4, -0.2) is 46.2 Å². The fourth-order valence-electron chi connectivity index (χ4n) is 3.73. The lowest BCUT2D eigenvalue weighted by Gasteiger charge is -2.32. The lowest BCUT2D eigenvalue weighted by Crippen LogP contribution is -2.52. The molecule has 0 spiro atoms. The van der Waals surface area contributed by atoms with Crippen LogP contribution in [0, 0.1) is 5.92 Å². The summed E-state index contributed by atoms with van der Waals surface area (Å²) >= 11 is 0. The fourth-order valence-corrected chi connectivity index (χ4v) is 3.73. The van der Waals surface area contributed by atoms with Crippen LogP contribution in [0.15, 0.2) is 0 Å². The first kappa shape index (κ1) is 14.3. The Morgan fingerprint density at radius 2 is 1.95 bits per heavy atom. The quantitative estimate of drug-likeness (QED) is 0.751. The zero-order valence-electron chi connectivity index (χ0n) is 12.8. The van der Waals surface area contributed by atoms with E-state index >= 15 is 0 Å². The Kier molecular flexibility index (Phi) is 3.80. The van der Waals surface area contributed by atoms with Gasteiger partial charge in [0.25, 0.3) is 0 Å². The van der Waals surface area contributed by atoms with Crippen molar-refractivity contribution < 1.29 is 9.90 Å². The molecule has 4 heteroatoms. The monoisotopic (exact) mass is 280 g/mol. The summed E-state index contributed by atoms with van der Waals surface area (Å²) in [4.78, 5) is 14.4. The summed E-state index contributed by atoms with van der Waals surface area (Å²) in [6.45, 7) is 5.64. The molecule has 2 atom stereocenters. The van der Waals surface area contributed by atoms with Gasteiger partial charge in [-0.05, 0) is 50.9 Å². The third-order valence-electron chi connectivity index (χ3n) is 5.02. The predicted octanol–water partition coefficient (Wildman–Crippen LogP) is 2.23. The lowest BCUT2D eigenvalue weighted by molar-refractivity contribution is -0.145. The smallest absolute Gasteiger partial charge is 0.323 e. The van der Waals surface area contributed by atoms with Crippen LogP contribution in [0.3, 0.4) is 0 Å². The fraction of sp³-hybridized carbons (Fsp3) is 0.938. The van der Waals surface area contributed by atoms with Gasteiger partial charge in [-0.1, -0.05) is 13.8 Å². The van der Waals surface area contributed by atoms with E-state index in [-0.39, 0.29) is 0 Å². The molecule has 0 aromatic heterocycles. The molecule has 3 aliphatic rings. The molecular formula is C16H28N2O2. The zero-order chi connectivity index (χ0) is 14.3. The van der Waals surface area contributed by atoms with Crippen LogP contribution < -0.4 is 5.32 Å². The molecular weight excluding hydrogens is 252 g/mol. The van der Waals surface area contributed by atoms with Gasteiger partial charge in [-0.25, -0.2) is 0 Å². The van der Waals surface area contributed by atoms with Gasteiger partial charge in [0.15, 0.2) is 0 Å². The number of carbonyl (C=O) groups is 1. The molecule has 0 aromatic rings. The molecule has 0 aromatic carbocycles. The van der Waals surface area contributed by atoms with E-state index in [9.17, 15) is 9.90 Å². The molecule has 114 valence electrons. The molecule has 0 bridgehead atoms. The molecule has 3 fully saturated rings. The molecule has 2 N–H and O–H groups in total. The molecule has 0 heterocycles. The maximum absolute atomic E-state index is 11.8. The number of carboxylic acid groups (broad SMARTS) is 1. The summed E-state index contributed by atoms with van der Waals surface area (Å²) in [5.41, 5.74) is -0.643. The van der Waals surface area contributed by atoms with Crippen molar-refractivity contribution in [3.05, 3.63) is 0 Å². The number of nitrogens with zero attached hydrogens (tertiary/aromatic N) is 1. The molecule has 4 nitrogen and oxygen atoms in total. The molecule has 0 saturated heterocycles. The Balaban J connectivity index is 1.67. The minimum atomic E-state index is -0.643. The Labute approximate surface area is 121 Å². The topological polar surface area (TPSA) is 52.6 Å². The second-order valence-electron chi connectivity index (χ2n) is 7.52. The summed E-state index contributed by atoms with van der Waals surface area (Å²) in [7, 11) is 0. The highest BCUT2D eigenvalue weighted by molar-refractivity contribution is 5.79. The molecule has 3 saturated carbocycles. The summed E-state index contributed by atoms with van der Waals surface area (Å²) in [5, 5.41) is 13.1. The van der Waals surface area contributed by atoms with Gasteiger partial charge in [0.1, 0.15) is 5.54 Å². The highest BCUT2D eigenvalue weighted by atomic mass is 16.4. The van der Waals surface area contributed by atoms with Gasteiger partial charge >= 0.3 is 5.97 Å². The SMILES string of the molecule is CC(C)CN(C1CC1)C1CCC(NC2CC2)(C(=O)O)C1. The molecule has 20 heavy (non-hydrogen) atoms. The maximum atomic E-state index is 11.8. The second kappa shape index (κ2) is 5.30. The average Bonchev–Trinajstić information content (AvgIpc) is 3.26. The summed E-state index contributed by atoms with van der Waals surface area (Å²) in [5.74, 6) is 0.0269. The molecule has 3 aliphatic carbocycles. The first-order valence-electron chi connectivity index (χ1n) is 8.27. The van der Waals surface area contributed by atoms with Gasteiger partial charge in [-0.3, -0.25) is 15.0 Å². The minimum Gasteiger partial charge on any atom is -0.480 e. The molecule has 2 unspecified atom stereocenters. The summed E-state index contributed by atoms with van der Waals surface area (Å²) in [6, 6.07) is 1.66. The van der Waals surface area contributed by atoms with Crippen molar-refractivity contribution >= 4 is 5.97 Å². The number of carboxylic acids is 1. The minimum absolute atomic E-state index is 0.462. The first-order valence-corrected chi connectivity index (χ1v) is 8.27. The number of hydrogen-bond donors (Lipinski definition) is 2. The van der Waals surface area contributed by atoms with E-state index in [1.54, 1.807) is 0 Å². The van der Waals surface area contributed by atoms with Crippen molar-refractivity contribution in [1.82, 2.24) is 10.2 Å². The normalized spacial score (nSPS) is 34.1. The Morgan fingerprint density at radius 1 is 1.25 bits per heavy atom. The largest absolute Gasteiger partial charge is 0.480 e. The third-order valence-corrected chi connectivity index (χ3v) is 5.02. The van der Waals surface area contributed by atoms with Crippen LogP contribution >= 0.6 is 0 Å². The van der Waals surface area contributed by atoms with E-state index in [0.717, 1.165) is 44.7 Å². The van der Waals surface area contributed by atoms with E-state index < -0.39 is 11.5 Å². The van der Waals surface area contributed by atoms with Crippen LogP contribution in [0.25, 0.3) is 0 Å². The highest BCUT2D eigenvalue weighted by Gasteiger charge is 2.50. The van der Waals surface area contributed by atoms with Gasteiger partial charge in [0.2, 0.25) is 0 Å². The third kappa shape index (κ3) is 3.01. The number of hydrogen-bond acceptors (Lipinski definition) is 3. The van der Waals surface area contributed by atoms with Crippen LogP contribution in [0.4, 0.5) is 0 Å². The summed E-state index contributed by atoms with van der Waals surface area (Å²) in [6.07, 6.45) is 7.54. The van der Waals surface area contributed by atoms with Gasteiger partial charge in [0, 0.05) is 24.7 Å². The van der Waals surface area contributed by atoms with Crippen LogP contribution in [0.1, 0.15) is 58.8 Å². The van der Waals surface area contributed by atoms with Crippen LogP contribution in [0.5, 0.6) is 0 Å². The lowest BCUT2D eigenvalue weighted by atomic mass is 9.96. The van der Waals surface area contributed by atoms with Crippen molar-refractivity contribution in [2.24, 2.45) is 5.92 Å².